The van der Waals surface area contributed by atoms with Gasteiger partial charge in [0.25, 0.3) is 11.5 Å². The number of carboxylic acids is 1. The van der Waals surface area contributed by atoms with E-state index in [1.165, 1.54) is 6.07 Å². The summed E-state index contributed by atoms with van der Waals surface area (Å²) in [6.45, 7) is 3.88. The molecule has 1 heterocycles. The minimum atomic E-state index is -1.20. The van der Waals surface area contributed by atoms with Crippen molar-refractivity contribution in [3.8, 4) is 0 Å². The molecule has 1 atom stereocenters. The number of pyridine rings is 1. The van der Waals surface area contributed by atoms with Crippen molar-refractivity contribution in [2.45, 2.75) is 39.2 Å². The second kappa shape index (κ2) is 7.42. The Morgan fingerprint density at radius 3 is 2.50 bits per heavy atom. The maximum absolute atomic E-state index is 12.6. The van der Waals surface area contributed by atoms with Crippen molar-refractivity contribution in [1.29, 1.82) is 0 Å². The SMILES string of the molecule is CC1(C)CC(=O)c2cc(C(=O)NC(Cc3ccccc3)C(=O)O)c(=O)[nH]c2C1. The Morgan fingerprint density at radius 2 is 1.86 bits per heavy atom. The molecule has 1 aliphatic rings. The molecule has 28 heavy (non-hydrogen) atoms. The number of fused-ring (bicyclic) bond motifs is 1. The van der Waals surface area contributed by atoms with Crippen LogP contribution in [0, 0.1) is 5.41 Å². The fourth-order valence-electron chi connectivity index (χ4n) is 3.48. The molecule has 7 heteroatoms. The van der Waals surface area contributed by atoms with Crippen LogP contribution in [0.25, 0.3) is 0 Å². The highest BCUT2D eigenvalue weighted by Gasteiger charge is 2.33. The molecular formula is C21H22N2O5. The van der Waals surface area contributed by atoms with E-state index in [9.17, 15) is 24.3 Å². The molecule has 7 nitrogen and oxygen atoms in total. The number of aliphatic carboxylic acids is 1. The van der Waals surface area contributed by atoms with Crippen molar-refractivity contribution < 1.29 is 19.5 Å². The number of carbonyl (C=O) groups excluding carboxylic acids is 2. The summed E-state index contributed by atoms with van der Waals surface area (Å²) in [5, 5.41) is 11.8. The van der Waals surface area contributed by atoms with Crippen LogP contribution in [-0.4, -0.2) is 33.8 Å². The van der Waals surface area contributed by atoms with Crippen LogP contribution in [-0.2, 0) is 17.6 Å². The largest absolute Gasteiger partial charge is 0.480 e. The summed E-state index contributed by atoms with van der Waals surface area (Å²) in [7, 11) is 0. The Kier molecular flexibility index (Phi) is 5.18. The number of aromatic amines is 1. The van der Waals surface area contributed by atoms with Crippen LogP contribution in [0.2, 0.25) is 0 Å². The number of nitrogens with one attached hydrogen (secondary N) is 2. The Hall–Kier alpha value is -3.22. The molecule has 0 fully saturated rings. The van der Waals surface area contributed by atoms with Gasteiger partial charge in [-0.25, -0.2) is 4.79 Å². The maximum atomic E-state index is 12.6. The molecule has 0 saturated heterocycles. The van der Waals surface area contributed by atoms with Gasteiger partial charge < -0.3 is 15.4 Å². The zero-order valence-electron chi connectivity index (χ0n) is 15.7. The molecular weight excluding hydrogens is 360 g/mol. The lowest BCUT2D eigenvalue weighted by Gasteiger charge is -2.29. The van der Waals surface area contributed by atoms with Crippen LogP contribution in [0.15, 0.2) is 41.2 Å². The molecule has 3 rings (SSSR count). The first-order valence-electron chi connectivity index (χ1n) is 9.03. The van der Waals surface area contributed by atoms with Crippen LogP contribution in [0.1, 0.15) is 52.2 Å². The summed E-state index contributed by atoms with van der Waals surface area (Å²) >= 11 is 0. The Labute approximate surface area is 161 Å². The minimum Gasteiger partial charge on any atom is -0.480 e. The number of carboxylic acid groups (broad SMARTS) is 1. The number of hydrogen-bond acceptors (Lipinski definition) is 4. The zero-order chi connectivity index (χ0) is 20.5. The van der Waals surface area contributed by atoms with Gasteiger partial charge in [0.05, 0.1) is 0 Å². The minimum absolute atomic E-state index is 0.0812. The third kappa shape index (κ3) is 4.19. The Bertz CT molecular complexity index is 992. The van der Waals surface area contributed by atoms with Crippen molar-refractivity contribution in [1.82, 2.24) is 10.3 Å². The van der Waals surface area contributed by atoms with Crippen molar-refractivity contribution in [3.63, 3.8) is 0 Å². The molecule has 3 N–H and O–H groups in total. The highest BCUT2D eigenvalue weighted by atomic mass is 16.4. The van der Waals surface area contributed by atoms with Crippen LogP contribution in [0.5, 0.6) is 0 Å². The fourth-order valence-corrected chi connectivity index (χ4v) is 3.48. The normalized spacial score (nSPS) is 16.1. The van der Waals surface area contributed by atoms with Gasteiger partial charge in [-0.2, -0.15) is 0 Å². The fraction of sp³-hybridized carbons (Fsp3) is 0.333. The summed E-state index contributed by atoms with van der Waals surface area (Å²) < 4.78 is 0. The summed E-state index contributed by atoms with van der Waals surface area (Å²) in [4.78, 5) is 51.6. The predicted molar refractivity (Wildman–Crippen MR) is 103 cm³/mol. The van der Waals surface area contributed by atoms with E-state index in [4.69, 9.17) is 0 Å². The van der Waals surface area contributed by atoms with Gasteiger partial charge in [0, 0.05) is 24.1 Å². The number of hydrogen-bond donors (Lipinski definition) is 3. The Morgan fingerprint density at radius 1 is 1.18 bits per heavy atom. The van der Waals surface area contributed by atoms with Crippen LogP contribution < -0.4 is 10.9 Å². The van der Waals surface area contributed by atoms with Gasteiger partial charge in [-0.05, 0) is 23.5 Å². The predicted octanol–water partition coefficient (Wildman–Crippen LogP) is 1.96. The quantitative estimate of drug-likeness (QED) is 0.731. The number of benzene rings is 1. The van der Waals surface area contributed by atoms with Gasteiger partial charge in [0.15, 0.2) is 5.78 Å². The topological polar surface area (TPSA) is 116 Å². The van der Waals surface area contributed by atoms with Crippen molar-refractivity contribution >= 4 is 17.7 Å². The number of rotatable bonds is 5. The zero-order valence-corrected chi connectivity index (χ0v) is 15.7. The average Bonchev–Trinajstić information content (AvgIpc) is 2.60. The van der Waals surface area contributed by atoms with E-state index in [0.717, 1.165) is 5.56 Å². The first-order chi connectivity index (χ1) is 13.2. The molecule has 1 amide bonds. The number of carbonyl (C=O) groups is 3. The summed E-state index contributed by atoms with van der Waals surface area (Å²) in [6, 6.07) is 8.96. The number of aromatic nitrogens is 1. The number of H-pyrrole nitrogens is 1. The van der Waals surface area contributed by atoms with Gasteiger partial charge in [0.2, 0.25) is 0 Å². The smallest absolute Gasteiger partial charge is 0.326 e. The third-order valence-electron chi connectivity index (χ3n) is 4.85. The first-order valence-corrected chi connectivity index (χ1v) is 9.03. The van der Waals surface area contributed by atoms with Gasteiger partial charge in [-0.1, -0.05) is 44.2 Å². The molecule has 1 unspecified atom stereocenters. The summed E-state index contributed by atoms with van der Waals surface area (Å²) in [5.74, 6) is -2.16. The standard InChI is InChI=1S/C21H22N2O5/c1-21(2)10-16-13(17(24)11-21)9-14(19(26)23-16)18(25)22-15(20(27)28)8-12-6-4-3-5-7-12/h3-7,9,15H,8,10-11H2,1-2H3,(H,22,25)(H,23,26)(H,27,28). The van der Waals surface area contributed by atoms with E-state index < -0.39 is 23.5 Å². The van der Waals surface area contributed by atoms with Crippen LogP contribution >= 0.6 is 0 Å². The lowest BCUT2D eigenvalue weighted by molar-refractivity contribution is -0.139. The average molecular weight is 382 g/mol. The third-order valence-corrected chi connectivity index (χ3v) is 4.85. The van der Waals surface area contributed by atoms with Crippen LogP contribution in [0.3, 0.4) is 0 Å². The van der Waals surface area contributed by atoms with E-state index in [1.54, 1.807) is 24.3 Å². The molecule has 0 radical (unpaired) electrons. The van der Waals surface area contributed by atoms with E-state index in [-0.39, 0.29) is 23.2 Å². The second-order valence-corrected chi connectivity index (χ2v) is 7.90. The van der Waals surface area contributed by atoms with E-state index in [1.807, 2.05) is 19.9 Å². The van der Waals surface area contributed by atoms with Crippen molar-refractivity contribution in [3.05, 3.63) is 69.1 Å². The molecule has 1 aromatic carbocycles. The Balaban J connectivity index is 1.86. The molecule has 1 aromatic heterocycles. The molecule has 0 aliphatic heterocycles. The van der Waals surface area contributed by atoms with Crippen molar-refractivity contribution in [2.24, 2.45) is 5.41 Å². The van der Waals surface area contributed by atoms with Gasteiger partial charge in [0.1, 0.15) is 11.6 Å². The molecule has 0 bridgehead atoms. The number of amides is 1. The van der Waals surface area contributed by atoms with E-state index in [0.29, 0.717) is 24.1 Å². The van der Waals surface area contributed by atoms with Crippen LogP contribution in [0.4, 0.5) is 0 Å². The molecule has 146 valence electrons. The second-order valence-electron chi connectivity index (χ2n) is 7.90. The highest BCUT2D eigenvalue weighted by molar-refractivity contribution is 6.02. The molecule has 1 aliphatic carbocycles. The summed E-state index contributed by atoms with van der Waals surface area (Å²) in [5.41, 5.74) is 0.422. The highest BCUT2D eigenvalue weighted by Crippen LogP contribution is 2.33. The van der Waals surface area contributed by atoms with Gasteiger partial charge >= 0.3 is 5.97 Å². The molecule has 0 saturated carbocycles. The van der Waals surface area contributed by atoms with Gasteiger partial charge in [-0.15, -0.1) is 0 Å². The lowest BCUT2D eigenvalue weighted by Crippen LogP contribution is -2.44. The number of ketones is 1. The molecule has 2 aromatic rings. The van der Waals surface area contributed by atoms with E-state index >= 15 is 0 Å². The van der Waals surface area contributed by atoms with Crippen molar-refractivity contribution in [2.75, 3.05) is 0 Å². The first kappa shape index (κ1) is 19.5. The van der Waals surface area contributed by atoms with E-state index in [2.05, 4.69) is 10.3 Å². The summed E-state index contributed by atoms with van der Waals surface area (Å²) in [6.07, 6.45) is 0.924. The number of Topliss-reactive ketones (excluding diaryl/α,β-unsaturated/α-hetero) is 1. The molecule has 0 spiro atoms. The van der Waals surface area contributed by atoms with Gasteiger partial charge in [-0.3, -0.25) is 14.4 Å². The lowest BCUT2D eigenvalue weighted by atomic mass is 9.75. The monoisotopic (exact) mass is 382 g/mol. The maximum Gasteiger partial charge on any atom is 0.326 e.